The molecule has 9 heteroatoms. The third-order valence-corrected chi connectivity index (χ3v) is 2.51. The number of ether oxygens (including phenoxy) is 1. The number of hydrogen-bond acceptors (Lipinski definition) is 5. The summed E-state index contributed by atoms with van der Waals surface area (Å²) in [5.74, 6) is -0.384. The summed E-state index contributed by atoms with van der Waals surface area (Å²) in [6.45, 7) is -0.470. The fourth-order valence-corrected chi connectivity index (χ4v) is 1.66. The van der Waals surface area contributed by atoms with Crippen molar-refractivity contribution >= 4 is 27.5 Å². The van der Waals surface area contributed by atoms with Gasteiger partial charge in [0.1, 0.15) is 11.3 Å². The molecule has 2 N–H and O–H groups in total. The number of rotatable bonds is 5. The Morgan fingerprint density at radius 3 is 3.00 bits per heavy atom. The number of halogens is 2. The normalized spacial score (nSPS) is 11.7. The second kappa shape index (κ2) is 6.51. The van der Waals surface area contributed by atoms with Crippen LogP contribution in [0.25, 0.3) is 10.4 Å². The summed E-state index contributed by atoms with van der Waals surface area (Å²) in [5, 5.41) is 22.0. The van der Waals surface area contributed by atoms with Crippen molar-refractivity contribution in [1.29, 1.82) is 0 Å². The van der Waals surface area contributed by atoms with Crippen LogP contribution in [0.3, 0.4) is 0 Å². The van der Waals surface area contributed by atoms with Gasteiger partial charge in [0.05, 0.1) is 17.6 Å². The van der Waals surface area contributed by atoms with Crippen molar-refractivity contribution in [3.05, 3.63) is 26.1 Å². The quantitative estimate of drug-likeness (QED) is 0.374. The van der Waals surface area contributed by atoms with Gasteiger partial charge in [-0.2, -0.15) is 4.98 Å². The predicted octanol–water partition coefficient (Wildman–Crippen LogP) is 2.25. The molecule has 1 heterocycles. The molecular weight excluding hydrogens is 315 g/mol. The average molecular weight is 324 g/mol. The van der Waals surface area contributed by atoms with Crippen LogP contribution < -0.4 is 4.74 Å². The molecule has 92 valence electrons. The molecule has 0 aliphatic carbocycles. The van der Waals surface area contributed by atoms with Gasteiger partial charge in [-0.05, 0) is 27.5 Å². The Morgan fingerprint density at radius 2 is 2.41 bits per heavy atom. The van der Waals surface area contributed by atoms with Gasteiger partial charge in [0, 0.05) is 4.91 Å². The zero-order valence-electron chi connectivity index (χ0n) is 8.42. The lowest BCUT2D eigenvalue weighted by Crippen LogP contribution is -2.24. The molecule has 0 aliphatic rings. The lowest BCUT2D eigenvalue weighted by Gasteiger charge is -2.15. The maximum atomic E-state index is 9.61. The lowest BCUT2D eigenvalue weighted by atomic mass is 10.4. The van der Waals surface area contributed by atoms with E-state index in [0.717, 1.165) is 0 Å². The highest BCUT2D eigenvalue weighted by Gasteiger charge is 2.15. The highest BCUT2D eigenvalue weighted by Crippen LogP contribution is 2.34. The zero-order valence-corrected chi connectivity index (χ0v) is 10.8. The summed E-state index contributed by atoms with van der Waals surface area (Å²) in [6, 6.07) is 1.39. The molecule has 0 aromatic carbocycles. The molecule has 7 nitrogen and oxygen atoms in total. The SMILES string of the molecule is [N-]=[N+]=NCC(CO)Oc1nc(Cl)cc(Br)c1O. The van der Waals surface area contributed by atoms with E-state index in [1.807, 2.05) is 0 Å². The van der Waals surface area contributed by atoms with E-state index in [1.165, 1.54) is 6.07 Å². The first-order valence-electron chi connectivity index (χ1n) is 4.41. The Labute approximate surface area is 110 Å². The van der Waals surface area contributed by atoms with Crippen LogP contribution in [0.5, 0.6) is 11.6 Å². The molecule has 0 bridgehead atoms. The predicted molar refractivity (Wildman–Crippen MR) is 64.1 cm³/mol. The third kappa shape index (κ3) is 3.94. The van der Waals surface area contributed by atoms with Crippen LogP contribution in [-0.4, -0.2) is 34.5 Å². The number of azide groups is 1. The molecule has 0 fully saturated rings. The number of aliphatic hydroxyl groups excluding tert-OH is 1. The van der Waals surface area contributed by atoms with E-state index in [1.54, 1.807) is 0 Å². The molecule has 0 radical (unpaired) electrons. The molecule has 17 heavy (non-hydrogen) atoms. The fraction of sp³-hybridized carbons (Fsp3) is 0.375. The van der Waals surface area contributed by atoms with Crippen LogP contribution in [-0.2, 0) is 0 Å². The molecule has 0 spiro atoms. The molecule has 0 amide bonds. The van der Waals surface area contributed by atoms with Crippen LogP contribution in [0.15, 0.2) is 15.7 Å². The van der Waals surface area contributed by atoms with Gasteiger partial charge in [-0.25, -0.2) is 0 Å². The molecule has 1 atom stereocenters. The molecular formula is C8H8BrClN4O3. The van der Waals surface area contributed by atoms with E-state index in [0.29, 0.717) is 4.47 Å². The average Bonchev–Trinajstić information content (AvgIpc) is 2.30. The molecule has 0 aliphatic heterocycles. The van der Waals surface area contributed by atoms with Gasteiger partial charge in [-0.15, -0.1) is 0 Å². The summed E-state index contributed by atoms with van der Waals surface area (Å²) in [4.78, 5) is 6.28. The van der Waals surface area contributed by atoms with Crippen LogP contribution in [0.1, 0.15) is 0 Å². The smallest absolute Gasteiger partial charge is 0.259 e. The number of nitrogens with zero attached hydrogens (tertiary/aromatic N) is 4. The first kappa shape index (κ1) is 13.9. The van der Waals surface area contributed by atoms with E-state index in [4.69, 9.17) is 27.0 Å². The van der Waals surface area contributed by atoms with Crippen molar-refractivity contribution in [3.8, 4) is 11.6 Å². The van der Waals surface area contributed by atoms with E-state index < -0.39 is 6.10 Å². The maximum absolute atomic E-state index is 9.61. The van der Waals surface area contributed by atoms with Crippen molar-refractivity contribution < 1.29 is 14.9 Å². The van der Waals surface area contributed by atoms with Gasteiger partial charge in [-0.3, -0.25) is 0 Å². The maximum Gasteiger partial charge on any atom is 0.259 e. The fourth-order valence-electron chi connectivity index (χ4n) is 0.957. The topological polar surface area (TPSA) is 111 Å². The van der Waals surface area contributed by atoms with Gasteiger partial charge in [-0.1, -0.05) is 16.7 Å². The number of hydrogen-bond donors (Lipinski definition) is 2. The number of pyridine rings is 1. The van der Waals surface area contributed by atoms with Gasteiger partial charge in [0.15, 0.2) is 5.75 Å². The molecule has 1 rings (SSSR count). The Kier molecular flexibility index (Phi) is 5.30. The Bertz CT molecular complexity index is 453. The Hall–Kier alpha value is -1.21. The molecule has 1 unspecified atom stereocenters. The second-order valence-corrected chi connectivity index (χ2v) is 4.16. The standard InChI is InChI=1S/C8H8BrClN4O3/c9-5-1-6(10)13-8(7(5)16)17-4(3-15)2-12-14-11/h1,4,15-16H,2-3H2. The molecule has 0 saturated heterocycles. The van der Waals surface area contributed by atoms with Crippen molar-refractivity contribution in [2.75, 3.05) is 13.2 Å². The Balaban J connectivity index is 2.89. The molecule has 1 aromatic heterocycles. The van der Waals surface area contributed by atoms with E-state index in [9.17, 15) is 5.11 Å². The summed E-state index contributed by atoms with van der Waals surface area (Å²) in [5.41, 5.74) is 8.15. The minimum Gasteiger partial charge on any atom is -0.502 e. The summed E-state index contributed by atoms with van der Waals surface area (Å²) in [7, 11) is 0. The van der Waals surface area contributed by atoms with Crippen molar-refractivity contribution in [2.45, 2.75) is 6.10 Å². The van der Waals surface area contributed by atoms with Crippen LogP contribution in [0.4, 0.5) is 0 Å². The molecule has 1 aromatic rings. The van der Waals surface area contributed by atoms with Gasteiger partial charge in [0.25, 0.3) is 5.88 Å². The van der Waals surface area contributed by atoms with Gasteiger partial charge in [0.2, 0.25) is 0 Å². The number of aromatic nitrogens is 1. The third-order valence-electron chi connectivity index (χ3n) is 1.71. The minimum absolute atomic E-state index is 0.0851. The van der Waals surface area contributed by atoms with E-state index in [2.05, 4.69) is 30.9 Å². The largest absolute Gasteiger partial charge is 0.502 e. The van der Waals surface area contributed by atoms with Crippen molar-refractivity contribution in [2.24, 2.45) is 5.11 Å². The number of aromatic hydroxyl groups is 1. The Morgan fingerprint density at radius 1 is 1.71 bits per heavy atom. The first-order valence-corrected chi connectivity index (χ1v) is 5.59. The summed E-state index contributed by atoms with van der Waals surface area (Å²) >= 11 is 8.74. The number of aliphatic hydroxyl groups is 1. The van der Waals surface area contributed by atoms with E-state index >= 15 is 0 Å². The van der Waals surface area contributed by atoms with Crippen LogP contribution in [0.2, 0.25) is 5.15 Å². The highest BCUT2D eigenvalue weighted by molar-refractivity contribution is 9.10. The minimum atomic E-state index is -0.797. The summed E-state index contributed by atoms with van der Waals surface area (Å²) in [6.07, 6.45) is -0.797. The second-order valence-electron chi connectivity index (χ2n) is 2.92. The van der Waals surface area contributed by atoms with Gasteiger partial charge >= 0.3 is 0 Å². The highest BCUT2D eigenvalue weighted by atomic mass is 79.9. The monoisotopic (exact) mass is 322 g/mol. The molecule has 0 saturated carbocycles. The van der Waals surface area contributed by atoms with E-state index in [-0.39, 0.29) is 29.9 Å². The van der Waals surface area contributed by atoms with Crippen molar-refractivity contribution in [3.63, 3.8) is 0 Å². The zero-order chi connectivity index (χ0) is 12.8. The van der Waals surface area contributed by atoms with Crippen LogP contribution >= 0.6 is 27.5 Å². The van der Waals surface area contributed by atoms with Gasteiger partial charge < -0.3 is 14.9 Å². The van der Waals surface area contributed by atoms with Crippen LogP contribution in [0, 0.1) is 0 Å². The lowest BCUT2D eigenvalue weighted by molar-refractivity contribution is 0.114. The first-order chi connectivity index (χ1) is 8.08. The summed E-state index contributed by atoms with van der Waals surface area (Å²) < 4.78 is 5.48. The van der Waals surface area contributed by atoms with Crippen molar-refractivity contribution in [1.82, 2.24) is 4.98 Å².